The molecule has 0 aromatic heterocycles. The van der Waals surface area contributed by atoms with Crippen LogP contribution in [0.4, 0.5) is 5.69 Å². The molecule has 2 amide bonds. The molecule has 0 spiro atoms. The topological polar surface area (TPSA) is 67.9 Å². The van der Waals surface area contributed by atoms with E-state index in [4.69, 9.17) is 9.47 Å². The standard InChI is InChI=1S/C23H26N2O4/c1-3-6-17-10-11-20(21(14-17)28-2)29-16-22(26)24-15-18-7-4-8-19(13-18)25-12-5-9-23(25)27/h3-4,6-8,10-11,13-14H,5,9,12,15-16H2,1-2H3,(H,24,26)/b6-3+. The monoisotopic (exact) mass is 394 g/mol. The fraction of sp³-hybridized carbons (Fsp3) is 0.304. The molecule has 6 heteroatoms. The number of amides is 2. The Bertz CT molecular complexity index is 908. The van der Waals surface area contributed by atoms with Crippen molar-refractivity contribution in [2.75, 3.05) is 25.2 Å². The van der Waals surface area contributed by atoms with Gasteiger partial charge in [-0.15, -0.1) is 0 Å². The molecule has 0 aliphatic carbocycles. The zero-order valence-electron chi connectivity index (χ0n) is 16.8. The third-order valence-corrected chi connectivity index (χ3v) is 4.69. The highest BCUT2D eigenvalue weighted by Crippen LogP contribution is 2.28. The summed E-state index contributed by atoms with van der Waals surface area (Å²) in [5, 5.41) is 2.85. The van der Waals surface area contributed by atoms with E-state index in [0.717, 1.165) is 29.8 Å². The number of carbonyl (C=O) groups is 2. The molecule has 1 aliphatic heterocycles. The number of rotatable bonds is 8. The molecule has 1 fully saturated rings. The number of methoxy groups -OCH3 is 1. The Morgan fingerprint density at radius 2 is 2.07 bits per heavy atom. The van der Waals surface area contributed by atoms with Crippen LogP contribution in [0.2, 0.25) is 0 Å². The quantitative estimate of drug-likeness (QED) is 0.744. The van der Waals surface area contributed by atoms with Crippen molar-refractivity contribution in [3.8, 4) is 11.5 Å². The Morgan fingerprint density at radius 1 is 1.21 bits per heavy atom. The van der Waals surface area contributed by atoms with E-state index in [2.05, 4.69) is 5.32 Å². The van der Waals surface area contributed by atoms with Gasteiger partial charge in [0.1, 0.15) is 0 Å². The van der Waals surface area contributed by atoms with Crippen LogP contribution in [0.15, 0.2) is 48.5 Å². The molecule has 0 unspecified atom stereocenters. The maximum atomic E-state index is 12.2. The van der Waals surface area contributed by atoms with Gasteiger partial charge in [0.2, 0.25) is 5.91 Å². The molecule has 2 aromatic rings. The van der Waals surface area contributed by atoms with Crippen LogP contribution in [0.25, 0.3) is 6.08 Å². The van der Waals surface area contributed by atoms with Crippen molar-refractivity contribution < 1.29 is 19.1 Å². The zero-order valence-corrected chi connectivity index (χ0v) is 16.8. The van der Waals surface area contributed by atoms with Crippen LogP contribution >= 0.6 is 0 Å². The van der Waals surface area contributed by atoms with Crippen LogP contribution in [0.3, 0.4) is 0 Å². The fourth-order valence-electron chi connectivity index (χ4n) is 3.25. The number of nitrogens with one attached hydrogen (secondary N) is 1. The Hall–Kier alpha value is -3.28. The van der Waals surface area contributed by atoms with Gasteiger partial charge in [-0.2, -0.15) is 0 Å². The summed E-state index contributed by atoms with van der Waals surface area (Å²) in [5.41, 5.74) is 2.81. The lowest BCUT2D eigenvalue weighted by molar-refractivity contribution is -0.123. The lowest BCUT2D eigenvalue weighted by Crippen LogP contribution is -2.28. The Balaban J connectivity index is 1.53. The highest BCUT2D eigenvalue weighted by molar-refractivity contribution is 5.95. The molecule has 1 N–H and O–H groups in total. The van der Waals surface area contributed by atoms with Gasteiger partial charge in [0.15, 0.2) is 18.1 Å². The van der Waals surface area contributed by atoms with E-state index in [0.29, 0.717) is 24.5 Å². The maximum Gasteiger partial charge on any atom is 0.258 e. The third kappa shape index (κ3) is 5.38. The predicted molar refractivity (Wildman–Crippen MR) is 113 cm³/mol. The second-order valence-corrected chi connectivity index (χ2v) is 6.79. The summed E-state index contributed by atoms with van der Waals surface area (Å²) < 4.78 is 11.0. The van der Waals surface area contributed by atoms with Crippen molar-refractivity contribution in [3.63, 3.8) is 0 Å². The molecule has 1 heterocycles. The Labute approximate surface area is 171 Å². The molecule has 6 nitrogen and oxygen atoms in total. The number of carbonyl (C=O) groups excluding carboxylic acids is 2. The van der Waals surface area contributed by atoms with Crippen molar-refractivity contribution in [2.24, 2.45) is 0 Å². The maximum absolute atomic E-state index is 12.2. The molecule has 2 aromatic carbocycles. The summed E-state index contributed by atoms with van der Waals surface area (Å²) >= 11 is 0. The van der Waals surface area contributed by atoms with Crippen molar-refractivity contribution in [1.29, 1.82) is 0 Å². The Kier molecular flexibility index (Phi) is 6.89. The number of nitrogens with zero attached hydrogens (tertiary/aromatic N) is 1. The lowest BCUT2D eigenvalue weighted by atomic mass is 10.2. The van der Waals surface area contributed by atoms with Crippen molar-refractivity contribution in [2.45, 2.75) is 26.3 Å². The van der Waals surface area contributed by atoms with E-state index in [1.807, 2.05) is 55.5 Å². The predicted octanol–water partition coefficient (Wildman–Crippen LogP) is 3.55. The second kappa shape index (κ2) is 9.78. The third-order valence-electron chi connectivity index (χ3n) is 4.69. The van der Waals surface area contributed by atoms with Crippen molar-refractivity contribution >= 4 is 23.6 Å². The van der Waals surface area contributed by atoms with Crippen LogP contribution in [0, 0.1) is 0 Å². The van der Waals surface area contributed by atoms with E-state index >= 15 is 0 Å². The molecule has 1 aliphatic rings. The summed E-state index contributed by atoms with van der Waals surface area (Å²) in [6.45, 7) is 2.95. The highest BCUT2D eigenvalue weighted by atomic mass is 16.5. The number of ether oxygens (including phenoxy) is 2. The van der Waals surface area contributed by atoms with Crippen LogP contribution in [-0.2, 0) is 16.1 Å². The molecule has 0 atom stereocenters. The van der Waals surface area contributed by atoms with Gasteiger partial charge in [0.25, 0.3) is 5.91 Å². The van der Waals surface area contributed by atoms with Crippen molar-refractivity contribution in [1.82, 2.24) is 5.32 Å². The largest absolute Gasteiger partial charge is 0.493 e. The SMILES string of the molecule is C/C=C/c1ccc(OCC(=O)NCc2cccc(N3CCCC3=O)c2)c(OC)c1. The molecule has 0 radical (unpaired) electrons. The van der Waals surface area contributed by atoms with Gasteiger partial charge < -0.3 is 19.7 Å². The first-order valence-corrected chi connectivity index (χ1v) is 9.70. The van der Waals surface area contributed by atoms with E-state index in [9.17, 15) is 9.59 Å². The summed E-state index contributed by atoms with van der Waals surface area (Å²) in [6, 6.07) is 13.2. The van der Waals surface area contributed by atoms with E-state index in [1.54, 1.807) is 18.1 Å². The lowest BCUT2D eigenvalue weighted by Gasteiger charge is -2.17. The van der Waals surface area contributed by atoms with E-state index < -0.39 is 0 Å². The first-order valence-electron chi connectivity index (χ1n) is 9.70. The van der Waals surface area contributed by atoms with Crippen molar-refractivity contribution in [3.05, 3.63) is 59.7 Å². The van der Waals surface area contributed by atoms with Crippen LogP contribution in [-0.4, -0.2) is 32.1 Å². The molecular formula is C23H26N2O4. The van der Waals surface area contributed by atoms with E-state index in [1.165, 1.54) is 0 Å². The van der Waals surface area contributed by atoms with Gasteiger partial charge in [-0.1, -0.05) is 30.4 Å². The molecule has 3 rings (SSSR count). The molecule has 1 saturated heterocycles. The summed E-state index contributed by atoms with van der Waals surface area (Å²) in [7, 11) is 1.57. The van der Waals surface area contributed by atoms with Crippen LogP contribution in [0.1, 0.15) is 30.9 Å². The smallest absolute Gasteiger partial charge is 0.258 e. The summed E-state index contributed by atoms with van der Waals surface area (Å²) in [6.07, 6.45) is 5.38. The van der Waals surface area contributed by atoms with Gasteiger partial charge in [-0.3, -0.25) is 9.59 Å². The number of benzene rings is 2. The first kappa shape index (κ1) is 20.5. The molecule has 0 bridgehead atoms. The first-order chi connectivity index (χ1) is 14.1. The summed E-state index contributed by atoms with van der Waals surface area (Å²) in [5.74, 6) is 1.02. The average molecular weight is 394 g/mol. The van der Waals surface area contributed by atoms with Crippen LogP contribution in [0.5, 0.6) is 11.5 Å². The van der Waals surface area contributed by atoms with Gasteiger partial charge >= 0.3 is 0 Å². The second-order valence-electron chi connectivity index (χ2n) is 6.79. The molecule has 0 saturated carbocycles. The highest BCUT2D eigenvalue weighted by Gasteiger charge is 2.21. The number of hydrogen-bond acceptors (Lipinski definition) is 4. The van der Waals surface area contributed by atoms with Gasteiger partial charge in [0, 0.05) is 25.2 Å². The summed E-state index contributed by atoms with van der Waals surface area (Å²) in [4.78, 5) is 25.9. The number of hydrogen-bond donors (Lipinski definition) is 1. The number of anilines is 1. The molecular weight excluding hydrogens is 368 g/mol. The van der Waals surface area contributed by atoms with Gasteiger partial charge in [-0.25, -0.2) is 0 Å². The molecule has 29 heavy (non-hydrogen) atoms. The van der Waals surface area contributed by atoms with Gasteiger partial charge in [0.05, 0.1) is 7.11 Å². The minimum absolute atomic E-state index is 0.108. The fourth-order valence-corrected chi connectivity index (χ4v) is 3.25. The Morgan fingerprint density at radius 3 is 2.79 bits per heavy atom. The minimum Gasteiger partial charge on any atom is -0.493 e. The molecule has 152 valence electrons. The zero-order chi connectivity index (χ0) is 20.6. The number of allylic oxidation sites excluding steroid dienone is 1. The minimum atomic E-state index is -0.229. The van der Waals surface area contributed by atoms with E-state index in [-0.39, 0.29) is 18.4 Å². The average Bonchev–Trinajstić information content (AvgIpc) is 3.17. The van der Waals surface area contributed by atoms with Crippen LogP contribution < -0.4 is 19.7 Å². The normalized spacial score (nSPS) is 13.7. The van der Waals surface area contributed by atoms with Gasteiger partial charge in [-0.05, 0) is 48.7 Å².